The molecule has 0 aliphatic carbocycles. The van der Waals surface area contributed by atoms with Gasteiger partial charge in [0.2, 0.25) is 5.88 Å². The lowest BCUT2D eigenvalue weighted by atomic mass is 9.79. The van der Waals surface area contributed by atoms with Gasteiger partial charge in [0.05, 0.1) is 18.9 Å². The molecule has 1 atom stereocenters. The van der Waals surface area contributed by atoms with Gasteiger partial charge in [-0.05, 0) is 19.1 Å². The minimum absolute atomic E-state index is 0.00691. The standard InChI is InChI=1S/C17H16BFN4O4/c1-9-6-23(17(24)14-15(20)21-8-22-16(14)26-9)11-3-4-12(13(19)5-11)18-25-7-10(2)27-18/h3-5,8-9H,2,6-7H2,1H3,(H2,20,21,22)/t9-/m1/s1. The van der Waals surface area contributed by atoms with Crippen molar-refractivity contribution in [1.82, 2.24) is 9.97 Å². The average Bonchev–Trinajstić information content (AvgIpc) is 2.99. The molecule has 0 saturated carbocycles. The van der Waals surface area contributed by atoms with Gasteiger partial charge in [-0.15, -0.1) is 0 Å². The first-order chi connectivity index (χ1) is 12.9. The molecule has 1 amide bonds. The molecule has 0 spiro atoms. The number of hydrogen-bond donors (Lipinski definition) is 1. The summed E-state index contributed by atoms with van der Waals surface area (Å²) in [5.41, 5.74) is 6.48. The van der Waals surface area contributed by atoms with Crippen molar-refractivity contribution in [3.8, 4) is 5.88 Å². The maximum absolute atomic E-state index is 14.7. The van der Waals surface area contributed by atoms with Crippen LogP contribution in [-0.2, 0) is 9.31 Å². The molecular weight excluding hydrogens is 354 g/mol. The fourth-order valence-electron chi connectivity index (χ4n) is 3.01. The second-order valence-electron chi connectivity index (χ2n) is 6.29. The largest absolute Gasteiger partial charge is 0.565 e. The average molecular weight is 370 g/mol. The number of benzene rings is 1. The molecule has 27 heavy (non-hydrogen) atoms. The van der Waals surface area contributed by atoms with E-state index in [2.05, 4.69) is 16.5 Å². The molecule has 2 aromatic rings. The van der Waals surface area contributed by atoms with Crippen molar-refractivity contribution in [2.45, 2.75) is 13.0 Å². The number of carbonyl (C=O) groups excluding carboxylic acids is 1. The molecule has 0 unspecified atom stereocenters. The predicted octanol–water partition coefficient (Wildman–Crippen LogP) is 0.881. The topological polar surface area (TPSA) is 99.8 Å². The Kier molecular flexibility index (Phi) is 4.19. The van der Waals surface area contributed by atoms with Gasteiger partial charge in [0.15, 0.2) is 0 Å². The van der Waals surface area contributed by atoms with Crippen molar-refractivity contribution < 1.29 is 23.2 Å². The van der Waals surface area contributed by atoms with Crippen LogP contribution in [0.4, 0.5) is 15.9 Å². The molecule has 1 aromatic heterocycles. The van der Waals surface area contributed by atoms with Gasteiger partial charge < -0.3 is 24.7 Å². The van der Waals surface area contributed by atoms with Crippen LogP contribution >= 0.6 is 0 Å². The summed E-state index contributed by atoms with van der Waals surface area (Å²) in [5.74, 6) is -0.459. The summed E-state index contributed by atoms with van der Waals surface area (Å²) in [5, 5.41) is 0. The Morgan fingerprint density at radius 2 is 2.22 bits per heavy atom. The quantitative estimate of drug-likeness (QED) is 0.784. The van der Waals surface area contributed by atoms with E-state index in [4.69, 9.17) is 19.8 Å². The number of nitrogen functional groups attached to an aromatic ring is 1. The van der Waals surface area contributed by atoms with Gasteiger partial charge in [-0.2, -0.15) is 0 Å². The van der Waals surface area contributed by atoms with E-state index in [0.717, 1.165) is 0 Å². The van der Waals surface area contributed by atoms with Gasteiger partial charge in [0.1, 0.15) is 29.6 Å². The molecule has 2 N–H and O–H groups in total. The van der Waals surface area contributed by atoms with Crippen LogP contribution in [0.5, 0.6) is 5.88 Å². The summed E-state index contributed by atoms with van der Waals surface area (Å²) >= 11 is 0. The molecule has 8 nitrogen and oxygen atoms in total. The number of amides is 1. The number of halogens is 1. The number of hydrogen-bond acceptors (Lipinski definition) is 7. The van der Waals surface area contributed by atoms with Crippen LogP contribution in [0.3, 0.4) is 0 Å². The van der Waals surface area contributed by atoms with Gasteiger partial charge in [-0.1, -0.05) is 12.6 Å². The van der Waals surface area contributed by atoms with Crippen LogP contribution in [-0.4, -0.2) is 42.2 Å². The van der Waals surface area contributed by atoms with E-state index in [0.29, 0.717) is 11.4 Å². The number of carbonyl (C=O) groups is 1. The van der Waals surface area contributed by atoms with Crippen LogP contribution in [0.1, 0.15) is 17.3 Å². The van der Waals surface area contributed by atoms with E-state index in [1.54, 1.807) is 13.0 Å². The molecule has 4 rings (SSSR count). The highest BCUT2D eigenvalue weighted by molar-refractivity contribution is 6.62. The molecule has 1 saturated heterocycles. The number of rotatable bonds is 2. The third kappa shape index (κ3) is 3.08. The number of ether oxygens (including phenoxy) is 1. The van der Waals surface area contributed by atoms with Crippen molar-refractivity contribution in [3.05, 3.63) is 48.2 Å². The van der Waals surface area contributed by atoms with Gasteiger partial charge in [-0.25, -0.2) is 14.4 Å². The molecule has 3 heterocycles. The molecule has 0 radical (unpaired) electrons. The first-order valence-electron chi connectivity index (χ1n) is 8.28. The summed E-state index contributed by atoms with van der Waals surface area (Å²) < 4.78 is 31.0. The maximum atomic E-state index is 14.7. The highest BCUT2D eigenvalue weighted by atomic mass is 19.1. The van der Waals surface area contributed by atoms with E-state index >= 15 is 0 Å². The molecule has 2 aliphatic heterocycles. The van der Waals surface area contributed by atoms with Gasteiger partial charge in [-0.3, -0.25) is 4.79 Å². The monoisotopic (exact) mass is 370 g/mol. The van der Waals surface area contributed by atoms with Crippen molar-refractivity contribution in [1.29, 1.82) is 0 Å². The fraction of sp³-hybridized carbons (Fsp3) is 0.235. The van der Waals surface area contributed by atoms with E-state index in [1.807, 2.05) is 0 Å². The fourth-order valence-corrected chi connectivity index (χ4v) is 3.01. The zero-order valence-corrected chi connectivity index (χ0v) is 14.5. The second-order valence-corrected chi connectivity index (χ2v) is 6.29. The third-order valence-corrected chi connectivity index (χ3v) is 4.27. The molecule has 2 aliphatic rings. The van der Waals surface area contributed by atoms with Crippen LogP contribution in [0, 0.1) is 5.82 Å². The predicted molar refractivity (Wildman–Crippen MR) is 96.2 cm³/mol. The van der Waals surface area contributed by atoms with Crippen LogP contribution in [0.15, 0.2) is 36.9 Å². The number of aromatic nitrogens is 2. The summed E-state index contributed by atoms with van der Waals surface area (Å²) in [6.07, 6.45) is 0.852. The summed E-state index contributed by atoms with van der Waals surface area (Å²) in [4.78, 5) is 22.2. The van der Waals surface area contributed by atoms with E-state index < -0.39 is 18.8 Å². The van der Waals surface area contributed by atoms with Gasteiger partial charge >= 0.3 is 7.12 Å². The van der Waals surface area contributed by atoms with Crippen molar-refractivity contribution in [2.75, 3.05) is 23.8 Å². The van der Waals surface area contributed by atoms with E-state index in [9.17, 15) is 9.18 Å². The zero-order chi connectivity index (χ0) is 19.1. The zero-order valence-electron chi connectivity index (χ0n) is 14.5. The van der Waals surface area contributed by atoms with Crippen LogP contribution in [0.25, 0.3) is 0 Å². The van der Waals surface area contributed by atoms with Crippen LogP contribution in [0.2, 0.25) is 0 Å². The minimum atomic E-state index is -0.849. The molecule has 138 valence electrons. The SMILES string of the molecule is C=C1COB(c2ccc(N3C[C@@H](C)Oc4ncnc(N)c4C3=O)cc2F)O1. The van der Waals surface area contributed by atoms with Crippen molar-refractivity contribution >= 4 is 30.0 Å². The molecular formula is C17H16BFN4O4. The Morgan fingerprint density at radius 3 is 2.93 bits per heavy atom. The summed E-state index contributed by atoms with van der Waals surface area (Å²) in [7, 11) is -0.849. The Hall–Kier alpha value is -3.14. The Balaban J connectivity index is 1.70. The lowest BCUT2D eigenvalue weighted by Crippen LogP contribution is -2.38. The van der Waals surface area contributed by atoms with E-state index in [-0.39, 0.29) is 42.0 Å². The van der Waals surface area contributed by atoms with E-state index in [1.165, 1.54) is 23.4 Å². The Morgan fingerprint density at radius 1 is 1.41 bits per heavy atom. The minimum Gasteiger partial charge on any atom is -0.534 e. The number of fused-ring (bicyclic) bond motifs is 1. The van der Waals surface area contributed by atoms with Gasteiger partial charge in [0, 0.05) is 11.2 Å². The van der Waals surface area contributed by atoms with Gasteiger partial charge in [0.25, 0.3) is 5.91 Å². The summed E-state index contributed by atoms with van der Waals surface area (Å²) in [6, 6.07) is 4.38. The highest BCUT2D eigenvalue weighted by Crippen LogP contribution is 2.29. The third-order valence-electron chi connectivity index (χ3n) is 4.27. The number of anilines is 2. The van der Waals surface area contributed by atoms with Crippen molar-refractivity contribution in [3.63, 3.8) is 0 Å². The molecule has 10 heteroatoms. The first kappa shape index (κ1) is 17.3. The maximum Gasteiger partial charge on any atom is 0.565 e. The van der Waals surface area contributed by atoms with Crippen molar-refractivity contribution in [2.24, 2.45) is 0 Å². The Labute approximate surface area is 154 Å². The first-order valence-corrected chi connectivity index (χ1v) is 8.28. The smallest absolute Gasteiger partial charge is 0.534 e. The normalized spacial score (nSPS) is 19.4. The summed E-state index contributed by atoms with van der Waals surface area (Å²) in [6.45, 7) is 5.84. The number of nitrogens with two attached hydrogens (primary N) is 1. The van der Waals surface area contributed by atoms with Crippen LogP contribution < -0.4 is 20.8 Å². The molecule has 1 aromatic carbocycles. The molecule has 0 bridgehead atoms. The molecule has 1 fully saturated rings. The lowest BCUT2D eigenvalue weighted by Gasteiger charge is -2.23. The second kappa shape index (κ2) is 6.55. The number of nitrogens with zero attached hydrogens (tertiary/aromatic N) is 3. The Bertz CT molecular complexity index is 941. The highest BCUT2D eigenvalue weighted by Gasteiger charge is 2.35. The lowest BCUT2D eigenvalue weighted by molar-refractivity contribution is 0.0988.